The molecular formula is C21H25FIrN-. The molecule has 1 radical (unpaired) electrons. The number of hydrogen-bond donors (Lipinski definition) is 0. The second-order valence-corrected chi connectivity index (χ2v) is 8.20. The topological polar surface area (TPSA) is 12.9 Å². The van der Waals surface area contributed by atoms with Crippen LogP contribution >= 0.6 is 0 Å². The second kappa shape index (κ2) is 6.04. The summed E-state index contributed by atoms with van der Waals surface area (Å²) in [6.45, 7) is 13.4. The summed E-state index contributed by atoms with van der Waals surface area (Å²) in [5.74, 6) is 0. The van der Waals surface area contributed by atoms with E-state index in [1.165, 1.54) is 11.1 Å². The normalized spacial score (nSPS) is 19.5. The van der Waals surface area contributed by atoms with Crippen molar-refractivity contribution in [3.05, 3.63) is 53.2 Å². The maximum atomic E-state index is 12.9. The summed E-state index contributed by atoms with van der Waals surface area (Å²) in [5.41, 5.74) is 5.18. The van der Waals surface area contributed by atoms with Gasteiger partial charge in [-0.15, -0.1) is 34.9 Å². The van der Waals surface area contributed by atoms with Crippen LogP contribution in [-0.2, 0) is 37.6 Å². The molecule has 1 aromatic heterocycles. The molecule has 0 atom stereocenters. The molecule has 0 fully saturated rings. The summed E-state index contributed by atoms with van der Waals surface area (Å²) in [6, 6.07) is 13.2. The van der Waals surface area contributed by atoms with Crippen molar-refractivity contribution in [2.75, 3.05) is 0 Å². The van der Waals surface area contributed by atoms with Crippen LogP contribution in [0.25, 0.3) is 11.3 Å². The Bertz CT molecular complexity index is 762. The SMILES string of the molecule is CC1(C)c2c[c-]c(-c3cccc(CF)n3)cc2C(C)(C)C1(C)C.[Ir]. The van der Waals surface area contributed by atoms with Gasteiger partial charge in [-0.1, -0.05) is 53.7 Å². The summed E-state index contributed by atoms with van der Waals surface area (Å²) < 4.78 is 12.9. The third-order valence-corrected chi connectivity index (χ3v) is 6.64. The van der Waals surface area contributed by atoms with Gasteiger partial charge in [0.2, 0.25) is 0 Å². The van der Waals surface area contributed by atoms with Gasteiger partial charge in [0.05, 0.1) is 5.69 Å². The minimum Gasteiger partial charge on any atom is -0.299 e. The third kappa shape index (κ3) is 2.48. The Kier molecular flexibility index (Phi) is 4.85. The predicted octanol–water partition coefficient (Wildman–Crippen LogP) is 5.61. The zero-order chi connectivity index (χ0) is 17.0. The number of nitrogens with zero attached hydrogens (tertiary/aromatic N) is 1. The quantitative estimate of drug-likeness (QED) is 0.487. The summed E-state index contributed by atoms with van der Waals surface area (Å²) in [5, 5.41) is 0. The van der Waals surface area contributed by atoms with E-state index in [2.05, 4.69) is 64.7 Å². The molecule has 0 N–H and O–H groups in total. The summed E-state index contributed by atoms with van der Waals surface area (Å²) in [7, 11) is 0. The van der Waals surface area contributed by atoms with Crippen molar-refractivity contribution in [2.24, 2.45) is 5.41 Å². The van der Waals surface area contributed by atoms with Gasteiger partial charge in [-0.3, -0.25) is 4.98 Å². The van der Waals surface area contributed by atoms with Crippen LogP contribution in [0, 0.1) is 11.5 Å². The molecular weight excluding hydrogens is 477 g/mol. The van der Waals surface area contributed by atoms with Crippen LogP contribution in [-0.4, -0.2) is 4.98 Å². The average Bonchev–Trinajstić information content (AvgIpc) is 2.63. The van der Waals surface area contributed by atoms with Gasteiger partial charge in [0.15, 0.2) is 0 Å². The Morgan fingerprint density at radius 1 is 1.00 bits per heavy atom. The molecule has 3 rings (SSSR count). The second-order valence-electron chi connectivity index (χ2n) is 8.20. The van der Waals surface area contributed by atoms with Gasteiger partial charge in [0, 0.05) is 20.1 Å². The molecule has 0 aliphatic heterocycles. The maximum Gasteiger partial charge on any atom is 0.130 e. The van der Waals surface area contributed by atoms with Gasteiger partial charge < -0.3 is 0 Å². The van der Waals surface area contributed by atoms with Gasteiger partial charge in [-0.25, -0.2) is 4.39 Å². The van der Waals surface area contributed by atoms with E-state index in [9.17, 15) is 4.39 Å². The largest absolute Gasteiger partial charge is 0.299 e. The first-order chi connectivity index (χ1) is 10.6. The molecule has 0 spiro atoms. The number of fused-ring (bicyclic) bond motifs is 1. The van der Waals surface area contributed by atoms with Crippen molar-refractivity contribution in [3.63, 3.8) is 0 Å². The summed E-state index contributed by atoms with van der Waals surface area (Å²) in [6.07, 6.45) is 0. The van der Waals surface area contributed by atoms with Crippen LogP contribution in [0.1, 0.15) is 58.4 Å². The molecule has 3 heteroatoms. The van der Waals surface area contributed by atoms with E-state index in [0.29, 0.717) is 5.69 Å². The molecule has 24 heavy (non-hydrogen) atoms. The van der Waals surface area contributed by atoms with Crippen LogP contribution in [0.4, 0.5) is 4.39 Å². The van der Waals surface area contributed by atoms with Crippen molar-refractivity contribution in [3.8, 4) is 11.3 Å². The first-order valence-corrected chi connectivity index (χ1v) is 8.22. The fourth-order valence-corrected chi connectivity index (χ4v) is 3.83. The molecule has 1 aliphatic rings. The smallest absolute Gasteiger partial charge is 0.130 e. The van der Waals surface area contributed by atoms with Gasteiger partial charge in [0.1, 0.15) is 6.67 Å². The molecule has 131 valence electrons. The number of aromatic nitrogens is 1. The zero-order valence-electron chi connectivity index (χ0n) is 15.3. The van der Waals surface area contributed by atoms with E-state index in [1.807, 2.05) is 12.1 Å². The van der Waals surface area contributed by atoms with Crippen LogP contribution in [0.3, 0.4) is 0 Å². The average molecular weight is 503 g/mol. The first kappa shape index (κ1) is 19.3. The van der Waals surface area contributed by atoms with Crippen molar-refractivity contribution in [1.29, 1.82) is 0 Å². The molecule has 1 nitrogen and oxygen atoms in total. The van der Waals surface area contributed by atoms with E-state index in [0.717, 1.165) is 11.3 Å². The first-order valence-electron chi connectivity index (χ1n) is 8.22. The molecule has 1 aromatic carbocycles. The standard InChI is InChI=1S/C21H25FN.Ir/c1-19(2)16-11-10-14(18-9-7-8-15(13-22)23-18)12-17(16)20(3,4)21(19,5)6;/h7-9,11-12H,13H2,1-6H3;/q-1;. The molecule has 0 unspecified atom stereocenters. The minimum absolute atomic E-state index is 0. The van der Waals surface area contributed by atoms with Crippen LogP contribution < -0.4 is 0 Å². The summed E-state index contributed by atoms with van der Waals surface area (Å²) in [4.78, 5) is 4.40. The van der Waals surface area contributed by atoms with Crippen molar-refractivity contribution in [1.82, 2.24) is 4.98 Å². The summed E-state index contributed by atoms with van der Waals surface area (Å²) >= 11 is 0. The number of halogens is 1. The van der Waals surface area contributed by atoms with E-state index >= 15 is 0 Å². The van der Waals surface area contributed by atoms with E-state index in [-0.39, 0.29) is 36.4 Å². The molecule has 0 bridgehead atoms. The Balaban J connectivity index is 0.00000208. The molecule has 1 aliphatic carbocycles. The number of hydrogen-bond acceptors (Lipinski definition) is 1. The van der Waals surface area contributed by atoms with E-state index in [1.54, 1.807) is 6.07 Å². The van der Waals surface area contributed by atoms with Gasteiger partial charge in [-0.05, 0) is 28.0 Å². The van der Waals surface area contributed by atoms with Crippen molar-refractivity contribution < 1.29 is 24.5 Å². The van der Waals surface area contributed by atoms with Crippen molar-refractivity contribution >= 4 is 0 Å². The third-order valence-electron chi connectivity index (χ3n) is 6.64. The molecule has 2 aromatic rings. The van der Waals surface area contributed by atoms with Gasteiger partial charge >= 0.3 is 0 Å². The Hall–Kier alpha value is -1.05. The van der Waals surface area contributed by atoms with Crippen LogP contribution in [0.2, 0.25) is 0 Å². The molecule has 1 heterocycles. The monoisotopic (exact) mass is 503 g/mol. The van der Waals surface area contributed by atoms with Gasteiger partial charge in [0.25, 0.3) is 0 Å². The number of pyridine rings is 1. The number of rotatable bonds is 2. The molecule has 0 amide bonds. The Morgan fingerprint density at radius 2 is 1.62 bits per heavy atom. The number of alkyl halides is 1. The minimum atomic E-state index is -0.537. The zero-order valence-corrected chi connectivity index (χ0v) is 17.6. The van der Waals surface area contributed by atoms with E-state index < -0.39 is 6.67 Å². The number of benzene rings is 1. The van der Waals surface area contributed by atoms with Crippen molar-refractivity contribution in [2.45, 2.75) is 59.0 Å². The Morgan fingerprint density at radius 3 is 2.25 bits per heavy atom. The predicted molar refractivity (Wildman–Crippen MR) is 93.2 cm³/mol. The Labute approximate surface area is 158 Å². The fraction of sp³-hybridized carbons (Fsp3) is 0.476. The van der Waals surface area contributed by atoms with E-state index in [4.69, 9.17) is 0 Å². The maximum absolute atomic E-state index is 12.9. The molecule has 0 saturated carbocycles. The van der Waals surface area contributed by atoms with Gasteiger partial charge in [-0.2, -0.15) is 0 Å². The van der Waals surface area contributed by atoms with Crippen LogP contribution in [0.15, 0.2) is 30.3 Å². The van der Waals surface area contributed by atoms with Crippen LogP contribution in [0.5, 0.6) is 0 Å². The fourth-order valence-electron chi connectivity index (χ4n) is 3.83. The molecule has 0 saturated heterocycles.